The molecule has 26 nitrogen and oxygen atoms in total. The molecule has 1 saturated heterocycles. The van der Waals surface area contributed by atoms with Crippen LogP contribution in [0.4, 0.5) is 5.82 Å². The Hall–Kier alpha value is -2.81. The molecule has 0 spiro atoms. The van der Waals surface area contributed by atoms with Gasteiger partial charge in [-0.3, -0.25) is 37.3 Å². The second kappa shape index (κ2) is 20.2. The summed E-state index contributed by atoms with van der Waals surface area (Å²) in [6, 6.07) is 0. The van der Waals surface area contributed by atoms with E-state index < -0.39 is 95.5 Å². The number of ketones is 1. The molecule has 7 atom stereocenters. The average Bonchev–Trinajstić information content (AvgIpc) is 3.64. The van der Waals surface area contributed by atoms with Crippen LogP contribution in [0, 0.1) is 5.41 Å². The molecule has 3 heterocycles. The molecular formula is C26H42N7O19P3S. The number of nitrogens with zero attached hydrogens (tertiary/aromatic N) is 4. The summed E-state index contributed by atoms with van der Waals surface area (Å²) in [4.78, 5) is 98.4. The number of hydrogen-bond acceptors (Lipinski definition) is 20. The number of aromatic nitrogens is 4. The number of anilines is 1. The van der Waals surface area contributed by atoms with Crippen LogP contribution in [-0.2, 0) is 55.5 Å². The number of hydrogen-bond donors (Lipinski definition) is 10. The number of nitrogens with two attached hydrogens (primary N) is 1. The maximum atomic E-state index is 12.7. The number of aliphatic hydroxyl groups is 3. The molecule has 2 aromatic heterocycles. The van der Waals surface area contributed by atoms with E-state index in [-0.39, 0.29) is 61.7 Å². The van der Waals surface area contributed by atoms with Crippen molar-refractivity contribution < 1.29 is 90.4 Å². The Morgan fingerprint density at radius 2 is 1.71 bits per heavy atom. The number of imidazole rings is 1. The van der Waals surface area contributed by atoms with Crippen molar-refractivity contribution in [3.05, 3.63) is 12.7 Å². The third-order valence-electron chi connectivity index (χ3n) is 7.50. The fourth-order valence-corrected chi connectivity index (χ4v) is 8.24. The van der Waals surface area contributed by atoms with E-state index in [9.17, 15) is 62.7 Å². The molecule has 0 saturated carbocycles. The number of carbonyl (C=O) groups is 4. The molecule has 30 heteroatoms. The molecule has 11 N–H and O–H groups in total. The van der Waals surface area contributed by atoms with Crippen LogP contribution in [0.25, 0.3) is 11.2 Å². The second-order valence-corrected chi connectivity index (χ2v) is 17.9. The van der Waals surface area contributed by atoms with Gasteiger partial charge in [0.05, 0.1) is 26.0 Å². The number of fused-ring (bicyclic) bond motifs is 1. The first-order valence-electron chi connectivity index (χ1n) is 16.1. The quantitative estimate of drug-likeness (QED) is 0.0328. The van der Waals surface area contributed by atoms with Crippen LogP contribution >= 0.6 is 35.2 Å². The van der Waals surface area contributed by atoms with Gasteiger partial charge in [-0.15, -0.1) is 0 Å². The van der Waals surface area contributed by atoms with Crippen LogP contribution in [-0.4, -0.2) is 140 Å². The third-order valence-corrected chi connectivity index (χ3v) is 11.5. The van der Waals surface area contributed by atoms with Gasteiger partial charge in [-0.25, -0.2) is 28.6 Å². The maximum absolute atomic E-state index is 12.7. The number of amides is 2. The van der Waals surface area contributed by atoms with E-state index in [2.05, 4.69) is 34.4 Å². The van der Waals surface area contributed by atoms with E-state index in [0.29, 0.717) is 0 Å². The van der Waals surface area contributed by atoms with Gasteiger partial charge < -0.3 is 56.0 Å². The van der Waals surface area contributed by atoms with Crippen LogP contribution in [0.1, 0.15) is 39.3 Å². The molecule has 0 aromatic carbocycles. The summed E-state index contributed by atoms with van der Waals surface area (Å²) in [6.45, 7) is -0.165. The molecular weight excluding hydrogens is 839 g/mol. The SMILES string of the molecule is CC(C)(COP(=O)(O)OP(=O)(O)OC[C@H]1O[C@@H](n2cnc3c(N)ncnc32)[C@H](O)[C@@H]1OP(=O)(O)O)[C@@H](O)C(=O)NCCC(=O)NCCSC(=O)CC(=O)CCO. The fourth-order valence-electron chi connectivity index (χ4n) is 4.72. The average molecular weight is 882 g/mol. The number of phosphoric acid groups is 3. The highest BCUT2D eigenvalue weighted by Crippen LogP contribution is 2.61. The normalized spacial score (nSPS) is 21.6. The topological polar surface area (TPSA) is 401 Å². The van der Waals surface area contributed by atoms with Crippen molar-refractivity contribution in [1.82, 2.24) is 30.2 Å². The summed E-state index contributed by atoms with van der Waals surface area (Å²) in [5, 5.41) is 34.4. The molecule has 3 rings (SSSR count). The number of nitrogen functional groups attached to an aromatic ring is 1. The van der Waals surface area contributed by atoms with Gasteiger partial charge in [0, 0.05) is 43.7 Å². The predicted molar refractivity (Wildman–Crippen MR) is 188 cm³/mol. The number of rotatable bonds is 23. The number of aliphatic hydroxyl groups excluding tert-OH is 3. The highest BCUT2D eigenvalue weighted by atomic mass is 32.2. The number of carbonyl (C=O) groups excluding carboxylic acids is 4. The lowest BCUT2D eigenvalue weighted by Crippen LogP contribution is -2.46. The predicted octanol–water partition coefficient (Wildman–Crippen LogP) is -1.99. The highest BCUT2D eigenvalue weighted by Gasteiger charge is 2.50. The molecule has 2 aromatic rings. The monoisotopic (exact) mass is 881 g/mol. The lowest BCUT2D eigenvalue weighted by molar-refractivity contribution is -0.137. The van der Waals surface area contributed by atoms with Gasteiger partial charge in [0.15, 0.2) is 22.8 Å². The molecule has 2 amide bonds. The van der Waals surface area contributed by atoms with E-state index in [0.717, 1.165) is 29.0 Å². The summed E-state index contributed by atoms with van der Waals surface area (Å²) in [5.74, 6) is -1.84. The Morgan fingerprint density at radius 1 is 1.04 bits per heavy atom. The van der Waals surface area contributed by atoms with Gasteiger partial charge in [0.2, 0.25) is 11.8 Å². The fraction of sp³-hybridized carbons (Fsp3) is 0.654. The number of thioether (sulfide) groups is 1. The molecule has 1 aliphatic rings. The van der Waals surface area contributed by atoms with Gasteiger partial charge in [-0.05, 0) is 0 Å². The van der Waals surface area contributed by atoms with Crippen LogP contribution in [0.15, 0.2) is 12.7 Å². The van der Waals surface area contributed by atoms with Gasteiger partial charge in [-0.1, -0.05) is 25.6 Å². The van der Waals surface area contributed by atoms with Crippen molar-refractivity contribution in [2.24, 2.45) is 5.41 Å². The molecule has 56 heavy (non-hydrogen) atoms. The van der Waals surface area contributed by atoms with Crippen molar-refractivity contribution in [3.8, 4) is 0 Å². The molecule has 0 aliphatic carbocycles. The van der Waals surface area contributed by atoms with Crippen LogP contribution < -0.4 is 16.4 Å². The van der Waals surface area contributed by atoms with Crippen molar-refractivity contribution in [2.45, 2.75) is 63.8 Å². The van der Waals surface area contributed by atoms with Gasteiger partial charge in [0.25, 0.3) is 0 Å². The number of phosphoric ester groups is 3. The lowest BCUT2D eigenvalue weighted by Gasteiger charge is -2.30. The zero-order chi connectivity index (χ0) is 42.1. The lowest BCUT2D eigenvalue weighted by atomic mass is 9.87. The van der Waals surface area contributed by atoms with Gasteiger partial charge >= 0.3 is 23.5 Å². The van der Waals surface area contributed by atoms with E-state index >= 15 is 0 Å². The Bertz CT molecular complexity index is 1860. The Kier molecular flexibility index (Phi) is 17.2. The third kappa shape index (κ3) is 14.5. The molecule has 0 radical (unpaired) electrons. The summed E-state index contributed by atoms with van der Waals surface area (Å²) >= 11 is 0.822. The first kappa shape index (κ1) is 47.6. The Morgan fingerprint density at radius 3 is 2.38 bits per heavy atom. The van der Waals surface area contributed by atoms with E-state index in [1.54, 1.807) is 0 Å². The van der Waals surface area contributed by atoms with Gasteiger partial charge in [-0.2, -0.15) is 4.31 Å². The van der Waals surface area contributed by atoms with Crippen molar-refractivity contribution in [2.75, 3.05) is 44.4 Å². The number of nitrogens with one attached hydrogen (secondary N) is 2. The summed E-state index contributed by atoms with van der Waals surface area (Å²) in [6.07, 6.45) is -7.57. The summed E-state index contributed by atoms with van der Waals surface area (Å²) in [5.41, 5.74) is 4.20. The zero-order valence-electron chi connectivity index (χ0n) is 29.6. The molecule has 316 valence electrons. The van der Waals surface area contributed by atoms with Crippen molar-refractivity contribution in [3.63, 3.8) is 0 Å². The summed E-state index contributed by atoms with van der Waals surface area (Å²) < 4.78 is 61.9. The maximum Gasteiger partial charge on any atom is 0.481 e. The van der Waals surface area contributed by atoms with E-state index in [1.807, 2.05) is 0 Å². The Labute approximate surface area is 321 Å². The van der Waals surface area contributed by atoms with Crippen LogP contribution in [0.5, 0.6) is 0 Å². The molecule has 1 fully saturated rings. The first-order chi connectivity index (χ1) is 25.9. The standard InChI is InChI=1S/C26H42N7O19P3S/c1-26(2,21(39)24(40)29-5-3-16(36)28-6-8-56-17(37)9-14(35)4-7-34)11-49-55(46,47)52-54(44,45)48-10-15-20(51-53(41,42)43)19(38)25(50-15)33-13-32-18-22(27)30-12-31-23(18)33/h12-13,15,19-21,25,34,38-39H,3-11H2,1-2H3,(H,28,36)(H,29,40)(H,44,45)(H,46,47)(H2,27,30,31)(H2,41,42,43)/t15-,19-,20-,21+,25-/m1/s1. The number of Topliss-reactive ketones (excluding diaryl/α,β-unsaturated/α-hetero) is 1. The second-order valence-electron chi connectivity index (χ2n) is 12.5. The van der Waals surface area contributed by atoms with Crippen molar-refractivity contribution >= 4 is 74.9 Å². The zero-order valence-corrected chi connectivity index (χ0v) is 33.1. The summed E-state index contributed by atoms with van der Waals surface area (Å²) in [7, 11) is -16.4. The van der Waals surface area contributed by atoms with Crippen LogP contribution in [0.2, 0.25) is 0 Å². The van der Waals surface area contributed by atoms with Crippen molar-refractivity contribution in [1.29, 1.82) is 0 Å². The molecule has 0 bridgehead atoms. The van der Waals surface area contributed by atoms with Crippen LogP contribution in [0.3, 0.4) is 0 Å². The van der Waals surface area contributed by atoms with E-state index in [1.165, 1.54) is 13.8 Å². The smallest absolute Gasteiger partial charge is 0.396 e. The largest absolute Gasteiger partial charge is 0.481 e. The van der Waals surface area contributed by atoms with E-state index in [4.69, 9.17) is 24.6 Å². The first-order valence-corrected chi connectivity index (χ1v) is 21.6. The Balaban J connectivity index is 1.48. The highest BCUT2D eigenvalue weighted by molar-refractivity contribution is 8.13. The minimum absolute atomic E-state index is 0.0198. The van der Waals surface area contributed by atoms with Gasteiger partial charge in [0.1, 0.15) is 42.0 Å². The molecule has 1 aliphatic heterocycles. The number of ether oxygens (including phenoxy) is 1. The molecule has 2 unspecified atom stereocenters. The minimum Gasteiger partial charge on any atom is -0.396 e. The minimum atomic E-state index is -5.59.